The molecule has 1 unspecified atom stereocenters. The second-order valence-corrected chi connectivity index (χ2v) is 14.6. The third kappa shape index (κ3) is 7.28. The number of rotatable bonds is 6. The number of nitrogens with one attached hydrogen (secondary N) is 2. The van der Waals surface area contributed by atoms with Crippen LogP contribution in [0.1, 0.15) is 62.3 Å². The van der Waals surface area contributed by atoms with E-state index >= 15 is 0 Å². The number of sulfonamides is 1. The first-order chi connectivity index (χ1) is 22.3. The summed E-state index contributed by atoms with van der Waals surface area (Å²) in [6.45, 7) is 6.59. The van der Waals surface area contributed by atoms with Gasteiger partial charge < -0.3 is 15.4 Å². The van der Waals surface area contributed by atoms with E-state index in [1.165, 1.54) is 28.6 Å². The van der Waals surface area contributed by atoms with E-state index in [-0.39, 0.29) is 49.4 Å². The summed E-state index contributed by atoms with van der Waals surface area (Å²) in [5.74, 6) is -1.63. The Labute approximate surface area is 275 Å². The highest BCUT2D eigenvalue weighted by atomic mass is 32.2. The molecule has 1 spiro atoms. The van der Waals surface area contributed by atoms with Gasteiger partial charge in [0.2, 0.25) is 15.9 Å². The molecule has 2 saturated heterocycles. The van der Waals surface area contributed by atoms with Gasteiger partial charge in [-0.05, 0) is 82.0 Å². The summed E-state index contributed by atoms with van der Waals surface area (Å²) in [6.07, 6.45) is -4.19. The Balaban J connectivity index is 1.23. The molecule has 3 aliphatic heterocycles. The standard InChI is InChI=1S/C32H34F3N5O7S/c1-19-16-23(40-25(41)18-24(27(40)42)36-29(44)47-30(2,3)4)9-8-20(19)10-15-48(45,46)39-13-11-31(12-14-39)28(43)37-26(38-31)21-6-5-7-22(17-21)32(33,34)35/h5-10,15-17,24H,11-14,18H2,1-4H3,(H,36,44)(H,37,38,43). The molecule has 2 aromatic rings. The average molecular weight is 690 g/mol. The smallest absolute Gasteiger partial charge is 0.416 e. The SMILES string of the molecule is Cc1cc(N2C(=O)CC(NC(=O)OC(C)(C)C)C2=O)ccc1C=CS(=O)(=O)N1CCC2(CC1)N=C(c1cccc(C(F)(F)F)c1)NC2=O. The second-order valence-electron chi connectivity index (χ2n) is 12.8. The Morgan fingerprint density at radius 2 is 1.77 bits per heavy atom. The first kappa shape index (κ1) is 34.8. The fourth-order valence-corrected chi connectivity index (χ4v) is 6.82. The van der Waals surface area contributed by atoms with Gasteiger partial charge in [-0.1, -0.05) is 18.2 Å². The molecule has 48 heavy (non-hydrogen) atoms. The molecule has 0 radical (unpaired) electrons. The molecule has 12 nitrogen and oxygen atoms in total. The van der Waals surface area contributed by atoms with E-state index < -0.39 is 62.8 Å². The van der Waals surface area contributed by atoms with Crippen LogP contribution in [0.2, 0.25) is 0 Å². The van der Waals surface area contributed by atoms with Crippen molar-refractivity contribution >= 4 is 51.4 Å². The molecule has 2 fully saturated rings. The van der Waals surface area contributed by atoms with Gasteiger partial charge in [-0.3, -0.25) is 19.4 Å². The van der Waals surface area contributed by atoms with Gasteiger partial charge in [0.25, 0.3) is 11.8 Å². The molecule has 2 aromatic carbocycles. The lowest BCUT2D eigenvalue weighted by molar-refractivity contribution is -0.137. The number of hydrogen-bond donors (Lipinski definition) is 2. The van der Waals surface area contributed by atoms with Crippen LogP contribution in [0.3, 0.4) is 0 Å². The number of amidine groups is 1. The zero-order valence-corrected chi connectivity index (χ0v) is 27.4. The molecule has 5 rings (SSSR count). The van der Waals surface area contributed by atoms with Gasteiger partial charge in [0.1, 0.15) is 23.0 Å². The number of hydrogen-bond acceptors (Lipinski definition) is 8. The van der Waals surface area contributed by atoms with Gasteiger partial charge in [0.05, 0.1) is 17.7 Å². The molecule has 3 heterocycles. The molecule has 0 aliphatic carbocycles. The molecule has 0 saturated carbocycles. The minimum Gasteiger partial charge on any atom is -0.444 e. The highest BCUT2D eigenvalue weighted by Crippen LogP contribution is 2.34. The highest BCUT2D eigenvalue weighted by molar-refractivity contribution is 7.92. The van der Waals surface area contributed by atoms with E-state index in [0.717, 1.165) is 22.4 Å². The zero-order valence-electron chi connectivity index (χ0n) is 26.6. The van der Waals surface area contributed by atoms with Crippen molar-refractivity contribution in [1.29, 1.82) is 0 Å². The van der Waals surface area contributed by atoms with Crippen LogP contribution in [-0.2, 0) is 35.3 Å². The Kier molecular flexibility index (Phi) is 9.03. The number of ether oxygens (including phenoxy) is 1. The molecule has 4 amide bonds. The quantitative estimate of drug-likeness (QED) is 0.437. The molecule has 256 valence electrons. The lowest BCUT2D eigenvalue weighted by atomic mass is 9.89. The van der Waals surface area contributed by atoms with Crippen molar-refractivity contribution in [2.75, 3.05) is 18.0 Å². The second kappa shape index (κ2) is 12.5. The number of alkyl halides is 3. The minimum atomic E-state index is -4.57. The maximum Gasteiger partial charge on any atom is 0.416 e. The average Bonchev–Trinajstić information content (AvgIpc) is 3.45. The third-order valence-electron chi connectivity index (χ3n) is 8.12. The van der Waals surface area contributed by atoms with Crippen LogP contribution in [0.25, 0.3) is 6.08 Å². The van der Waals surface area contributed by atoms with E-state index in [1.54, 1.807) is 39.8 Å². The molecular formula is C32H34F3N5O7S. The predicted molar refractivity (Wildman–Crippen MR) is 169 cm³/mol. The molecule has 0 bridgehead atoms. The lowest BCUT2D eigenvalue weighted by Crippen LogP contribution is -2.50. The molecule has 3 aliphatic rings. The molecule has 1 atom stereocenters. The number of piperidine rings is 1. The van der Waals surface area contributed by atoms with E-state index in [2.05, 4.69) is 15.6 Å². The maximum atomic E-state index is 13.2. The number of carbonyl (C=O) groups is 4. The monoisotopic (exact) mass is 689 g/mol. The highest BCUT2D eigenvalue weighted by Gasteiger charge is 2.47. The van der Waals surface area contributed by atoms with Crippen molar-refractivity contribution in [3.8, 4) is 0 Å². The van der Waals surface area contributed by atoms with Gasteiger partial charge >= 0.3 is 12.3 Å². The summed E-state index contributed by atoms with van der Waals surface area (Å²) in [5.41, 5.74) is -1.53. The van der Waals surface area contributed by atoms with Crippen molar-refractivity contribution in [2.24, 2.45) is 4.99 Å². The van der Waals surface area contributed by atoms with Gasteiger partial charge in [-0.2, -0.15) is 17.5 Å². The van der Waals surface area contributed by atoms with Crippen LogP contribution in [0.15, 0.2) is 52.9 Å². The number of anilines is 1. The number of aryl methyl sites for hydroxylation is 1. The first-order valence-electron chi connectivity index (χ1n) is 15.0. The molecular weight excluding hydrogens is 655 g/mol. The largest absolute Gasteiger partial charge is 0.444 e. The summed E-state index contributed by atoms with van der Waals surface area (Å²) in [7, 11) is -3.95. The predicted octanol–water partition coefficient (Wildman–Crippen LogP) is 3.88. The Hall–Kier alpha value is -4.57. The van der Waals surface area contributed by atoms with Crippen LogP contribution >= 0.6 is 0 Å². The van der Waals surface area contributed by atoms with Crippen LogP contribution < -0.4 is 15.5 Å². The lowest BCUT2D eigenvalue weighted by Gasteiger charge is -2.34. The minimum absolute atomic E-state index is 0.00776. The molecule has 2 N–H and O–H groups in total. The summed E-state index contributed by atoms with van der Waals surface area (Å²) in [6, 6.07) is 7.98. The maximum absolute atomic E-state index is 13.2. The number of carbonyl (C=O) groups excluding carboxylic acids is 4. The van der Waals surface area contributed by atoms with Gasteiger partial charge in [0.15, 0.2) is 0 Å². The van der Waals surface area contributed by atoms with E-state index in [9.17, 15) is 40.8 Å². The normalized spacial score (nSPS) is 20.4. The van der Waals surface area contributed by atoms with Crippen molar-refractivity contribution in [2.45, 2.75) is 70.3 Å². The number of amides is 4. The molecule has 0 aromatic heterocycles. The number of halogens is 3. The Morgan fingerprint density at radius 3 is 2.40 bits per heavy atom. The summed E-state index contributed by atoms with van der Waals surface area (Å²) in [5, 5.41) is 6.00. The zero-order chi connectivity index (χ0) is 35.2. The molecule has 16 heteroatoms. The van der Waals surface area contributed by atoms with Crippen molar-refractivity contribution in [1.82, 2.24) is 14.9 Å². The van der Waals surface area contributed by atoms with E-state index in [1.807, 2.05) is 0 Å². The van der Waals surface area contributed by atoms with Crippen molar-refractivity contribution < 1.29 is 45.5 Å². The number of nitrogens with zero attached hydrogens (tertiary/aromatic N) is 3. The summed E-state index contributed by atoms with van der Waals surface area (Å²) < 4.78 is 72.3. The van der Waals surface area contributed by atoms with Crippen LogP contribution in [0, 0.1) is 6.92 Å². The van der Waals surface area contributed by atoms with Crippen LogP contribution in [0.4, 0.5) is 23.7 Å². The fraction of sp³-hybridized carbons (Fsp3) is 0.406. The number of benzene rings is 2. The third-order valence-corrected chi connectivity index (χ3v) is 9.69. The topological polar surface area (TPSA) is 155 Å². The van der Waals surface area contributed by atoms with E-state index in [4.69, 9.17) is 4.74 Å². The Morgan fingerprint density at radius 1 is 1.08 bits per heavy atom. The number of alkyl carbamates (subject to hydrolysis) is 1. The van der Waals surface area contributed by atoms with Crippen molar-refractivity contribution in [3.63, 3.8) is 0 Å². The van der Waals surface area contributed by atoms with Crippen LogP contribution in [-0.4, -0.2) is 72.6 Å². The first-order valence-corrected chi connectivity index (χ1v) is 16.5. The fourth-order valence-electron chi connectivity index (χ4n) is 5.64. The number of aliphatic imine (C=N–C) groups is 1. The Bertz CT molecular complexity index is 1840. The summed E-state index contributed by atoms with van der Waals surface area (Å²) >= 11 is 0. The van der Waals surface area contributed by atoms with Gasteiger partial charge in [-0.25, -0.2) is 18.1 Å². The van der Waals surface area contributed by atoms with Crippen molar-refractivity contribution in [3.05, 3.63) is 70.1 Å². The number of imide groups is 1. The van der Waals surface area contributed by atoms with E-state index in [0.29, 0.717) is 11.1 Å². The summed E-state index contributed by atoms with van der Waals surface area (Å²) in [4.78, 5) is 56.1. The van der Waals surface area contributed by atoms with Gasteiger partial charge in [0, 0.05) is 24.1 Å². The van der Waals surface area contributed by atoms with Gasteiger partial charge in [-0.15, -0.1) is 0 Å². The van der Waals surface area contributed by atoms with Crippen LogP contribution in [0.5, 0.6) is 0 Å².